The minimum absolute atomic E-state index is 0.394. The van der Waals surface area contributed by atoms with E-state index in [9.17, 15) is 0 Å². The lowest BCUT2D eigenvalue weighted by molar-refractivity contribution is 0.253. The second kappa shape index (κ2) is 4.81. The Bertz CT molecular complexity index is 58.4. The molecule has 0 saturated heterocycles. The molecule has 0 unspecified atom stereocenters. The molecule has 8 heavy (non-hydrogen) atoms. The molecule has 48 valence electrons. The van der Waals surface area contributed by atoms with Gasteiger partial charge < -0.3 is 3.79 Å². The van der Waals surface area contributed by atoms with Crippen molar-refractivity contribution in [2.24, 2.45) is 0 Å². The van der Waals surface area contributed by atoms with Gasteiger partial charge in [-0.15, -0.1) is 0 Å². The van der Waals surface area contributed by atoms with Crippen molar-refractivity contribution in [3.63, 3.8) is 0 Å². The predicted molar refractivity (Wildman–Crippen MR) is 41.4 cm³/mol. The molecule has 0 amide bonds. The van der Waals surface area contributed by atoms with Gasteiger partial charge in [0.25, 0.3) is 0 Å². The van der Waals surface area contributed by atoms with Crippen molar-refractivity contribution in [1.29, 1.82) is 0 Å². The first-order valence-electron chi connectivity index (χ1n) is 2.96. The third-order valence-corrected chi connectivity index (χ3v) is 4.81. The first-order valence-corrected chi connectivity index (χ1v) is 7.43. The predicted octanol–water partition coefficient (Wildman–Crippen LogP) is 2.31. The second-order valence-electron chi connectivity index (χ2n) is 2.00. The molecule has 0 aromatic carbocycles. The molecule has 0 bridgehead atoms. The molecule has 0 aromatic heterocycles. The van der Waals surface area contributed by atoms with Crippen LogP contribution in [-0.4, -0.2) is 18.8 Å². The Labute approximate surface area is 62.8 Å². The van der Waals surface area contributed by atoms with Crippen LogP contribution in [-0.2, 0) is 3.79 Å². The molecule has 3 heteroatoms. The highest BCUT2D eigenvalue weighted by molar-refractivity contribution is 9.24. The normalized spacial score (nSPS) is 10.1. The van der Waals surface area contributed by atoms with E-state index in [0.717, 1.165) is 5.28 Å². The van der Waals surface area contributed by atoms with Gasteiger partial charge in [0.2, 0.25) is 0 Å². The molecular formula is C5H12AlBrO. The molecule has 0 rings (SSSR count). The van der Waals surface area contributed by atoms with Crippen LogP contribution in [0.3, 0.4) is 0 Å². The van der Waals surface area contributed by atoms with Gasteiger partial charge in [-0.25, -0.2) is 0 Å². The largest absolute Gasteiger partial charge is 0.556 e. The molecule has 0 saturated carbocycles. The van der Waals surface area contributed by atoms with E-state index in [-0.39, 0.29) is 0 Å². The lowest BCUT2D eigenvalue weighted by Crippen LogP contribution is -2.13. The maximum atomic E-state index is 5.45. The summed E-state index contributed by atoms with van der Waals surface area (Å²) in [4.78, 5) is 0. The molecule has 0 aliphatic rings. The van der Waals surface area contributed by atoms with Crippen molar-refractivity contribution < 1.29 is 3.79 Å². The Balaban J connectivity index is 3.10. The highest BCUT2D eigenvalue weighted by Gasteiger charge is 2.13. The van der Waals surface area contributed by atoms with Crippen molar-refractivity contribution in [1.82, 2.24) is 0 Å². The fraction of sp³-hybridized carbons (Fsp3) is 1.00. The fourth-order valence-corrected chi connectivity index (χ4v) is 2.47. The third-order valence-electron chi connectivity index (χ3n) is 0.741. The minimum atomic E-state index is -0.927. The van der Waals surface area contributed by atoms with Crippen molar-refractivity contribution in [3.05, 3.63) is 0 Å². The topological polar surface area (TPSA) is 9.23 Å². The zero-order chi connectivity index (χ0) is 6.57. The molecule has 0 aliphatic carbocycles. The number of hydrogen-bond acceptors (Lipinski definition) is 1. The Morgan fingerprint density at radius 2 is 2.12 bits per heavy atom. The molecule has 0 aliphatic heterocycles. The Hall–Kier alpha value is 0.972. The van der Waals surface area contributed by atoms with Gasteiger partial charge >= 0.3 is 12.7 Å². The van der Waals surface area contributed by atoms with Crippen molar-refractivity contribution >= 4 is 26.7 Å². The molecule has 0 N–H and O–H groups in total. The van der Waals surface area contributed by atoms with E-state index in [2.05, 4.69) is 34.8 Å². The van der Waals surface area contributed by atoms with E-state index in [4.69, 9.17) is 3.79 Å². The van der Waals surface area contributed by atoms with Crippen LogP contribution in [0.25, 0.3) is 0 Å². The first-order chi connectivity index (χ1) is 3.66. The summed E-state index contributed by atoms with van der Waals surface area (Å²) in [7, 11) is 0. The van der Waals surface area contributed by atoms with Crippen LogP contribution in [0, 0.1) is 0 Å². The van der Waals surface area contributed by atoms with E-state index in [1.165, 1.54) is 0 Å². The van der Waals surface area contributed by atoms with Crippen LogP contribution in [0.1, 0.15) is 20.8 Å². The van der Waals surface area contributed by atoms with Crippen molar-refractivity contribution in [2.45, 2.75) is 32.2 Å². The summed E-state index contributed by atoms with van der Waals surface area (Å²) in [6, 6.07) is 0. The molecule has 0 atom stereocenters. The van der Waals surface area contributed by atoms with Gasteiger partial charge in [-0.1, -0.05) is 12.2 Å². The highest BCUT2D eigenvalue weighted by atomic mass is 79.9. The van der Waals surface area contributed by atoms with Crippen LogP contribution >= 0.6 is 14.1 Å². The molecule has 0 heterocycles. The van der Waals surface area contributed by atoms with Crippen LogP contribution in [0.2, 0.25) is 5.28 Å². The zero-order valence-corrected chi connectivity index (χ0v) is 8.39. The summed E-state index contributed by atoms with van der Waals surface area (Å²) in [5, 5.41) is 1.16. The smallest absolute Gasteiger partial charge is 0.490 e. The Kier molecular flexibility index (Phi) is 5.40. The number of rotatable bonds is 3. The molecule has 0 aromatic rings. The van der Waals surface area contributed by atoms with Gasteiger partial charge in [0.15, 0.2) is 0 Å². The lowest BCUT2D eigenvalue weighted by Gasteiger charge is -2.08. The highest BCUT2D eigenvalue weighted by Crippen LogP contribution is 2.04. The van der Waals surface area contributed by atoms with Gasteiger partial charge in [0.05, 0.1) is 0 Å². The zero-order valence-electron chi connectivity index (χ0n) is 5.65. The molecule has 0 fully saturated rings. The van der Waals surface area contributed by atoms with E-state index in [0.29, 0.717) is 6.10 Å². The van der Waals surface area contributed by atoms with Crippen LogP contribution < -0.4 is 0 Å². The number of hydrogen-bond donors (Lipinski definition) is 0. The first kappa shape index (κ1) is 8.97. The van der Waals surface area contributed by atoms with Crippen LogP contribution in [0.5, 0.6) is 0 Å². The van der Waals surface area contributed by atoms with Gasteiger partial charge in [0, 0.05) is 6.10 Å². The van der Waals surface area contributed by atoms with Gasteiger partial charge in [0.1, 0.15) is 0 Å². The standard InChI is InChI=1S/C3H7O.C2H5.Al.BrH/c1-3(2)4;1-2;;/h3H,1-2H3;1H2,2H3;;1H/q-1;;+2;/p-1. The maximum absolute atomic E-state index is 5.45. The second-order valence-corrected chi connectivity index (χ2v) is 6.98. The third kappa shape index (κ3) is 5.12. The van der Waals surface area contributed by atoms with Gasteiger partial charge in [-0.2, -0.15) is 14.1 Å². The molecule has 1 nitrogen and oxygen atoms in total. The van der Waals surface area contributed by atoms with E-state index >= 15 is 0 Å². The van der Waals surface area contributed by atoms with Crippen LogP contribution in [0.15, 0.2) is 0 Å². The quantitative estimate of drug-likeness (QED) is 0.628. The maximum Gasteiger partial charge on any atom is 0.556 e. The minimum Gasteiger partial charge on any atom is -0.490 e. The summed E-state index contributed by atoms with van der Waals surface area (Å²) in [5.74, 6) is 0. The summed E-state index contributed by atoms with van der Waals surface area (Å²) >= 11 is 2.57. The number of halogens is 1. The average Bonchev–Trinajstić information content (AvgIpc) is 1.65. The van der Waals surface area contributed by atoms with Gasteiger partial charge in [-0.05, 0) is 13.8 Å². The monoisotopic (exact) mass is 194 g/mol. The molecular weight excluding hydrogens is 183 g/mol. The fourth-order valence-electron chi connectivity index (χ4n) is 0.392. The Morgan fingerprint density at radius 3 is 2.25 bits per heavy atom. The molecule has 0 spiro atoms. The summed E-state index contributed by atoms with van der Waals surface area (Å²) in [6.07, 6.45) is 0.394. The van der Waals surface area contributed by atoms with Gasteiger partial charge in [-0.3, -0.25) is 0 Å². The van der Waals surface area contributed by atoms with Crippen LogP contribution in [0.4, 0.5) is 0 Å². The van der Waals surface area contributed by atoms with E-state index < -0.39 is 12.7 Å². The lowest BCUT2D eigenvalue weighted by atomic mass is 10.5. The summed E-state index contributed by atoms with van der Waals surface area (Å²) in [5.41, 5.74) is 0. The molecule has 0 radical (unpaired) electrons. The van der Waals surface area contributed by atoms with Crippen molar-refractivity contribution in [2.75, 3.05) is 0 Å². The SMILES string of the molecule is C[CH2][Al]([Br])[O]C(C)C. The Morgan fingerprint density at radius 1 is 1.62 bits per heavy atom. The van der Waals surface area contributed by atoms with Crippen molar-refractivity contribution in [3.8, 4) is 0 Å². The van der Waals surface area contributed by atoms with E-state index in [1.807, 2.05) is 0 Å². The van der Waals surface area contributed by atoms with E-state index in [1.54, 1.807) is 0 Å². The summed E-state index contributed by atoms with van der Waals surface area (Å²) in [6.45, 7) is 6.28. The average molecular weight is 195 g/mol. The summed E-state index contributed by atoms with van der Waals surface area (Å²) < 4.78 is 5.45.